The highest BCUT2D eigenvalue weighted by atomic mass is 35.5. The highest BCUT2D eigenvalue weighted by molar-refractivity contribution is 6.35. The molecule has 0 radical (unpaired) electrons. The summed E-state index contributed by atoms with van der Waals surface area (Å²) < 4.78 is 5.37. The standard InChI is InChI=1S/C13H12ClN3O3/c1-15-13(19)17-11(18)7-20-10-5-4-9(14)8-3-2-6-16-12(8)10/h2-6H,7H2,1H3,(H2,15,17,18,19). The summed E-state index contributed by atoms with van der Waals surface area (Å²) in [6, 6.07) is 6.28. The van der Waals surface area contributed by atoms with Gasteiger partial charge in [-0.2, -0.15) is 0 Å². The first-order valence-corrected chi connectivity index (χ1v) is 6.17. The average Bonchev–Trinajstić information content (AvgIpc) is 2.46. The number of nitrogens with zero attached hydrogens (tertiary/aromatic N) is 1. The van der Waals surface area contributed by atoms with Gasteiger partial charge in [-0.3, -0.25) is 15.1 Å². The van der Waals surface area contributed by atoms with Crippen LogP contribution in [0.2, 0.25) is 5.02 Å². The lowest BCUT2D eigenvalue weighted by molar-refractivity contribution is -0.121. The van der Waals surface area contributed by atoms with E-state index in [2.05, 4.69) is 15.6 Å². The van der Waals surface area contributed by atoms with E-state index in [1.807, 2.05) is 6.07 Å². The van der Waals surface area contributed by atoms with Crippen molar-refractivity contribution < 1.29 is 14.3 Å². The van der Waals surface area contributed by atoms with Gasteiger partial charge < -0.3 is 10.1 Å². The number of ether oxygens (including phenoxy) is 1. The van der Waals surface area contributed by atoms with Crippen LogP contribution in [0.4, 0.5) is 4.79 Å². The van der Waals surface area contributed by atoms with Crippen molar-refractivity contribution >= 4 is 34.4 Å². The second-order valence-electron chi connectivity index (χ2n) is 3.86. The van der Waals surface area contributed by atoms with E-state index in [1.54, 1.807) is 24.4 Å². The van der Waals surface area contributed by atoms with E-state index in [0.29, 0.717) is 16.3 Å². The van der Waals surface area contributed by atoms with Crippen molar-refractivity contribution in [2.45, 2.75) is 0 Å². The number of carbonyl (C=O) groups excluding carboxylic acids is 2. The van der Waals surface area contributed by atoms with Gasteiger partial charge in [0.05, 0.1) is 5.02 Å². The third-order valence-electron chi connectivity index (χ3n) is 2.52. The molecule has 20 heavy (non-hydrogen) atoms. The molecule has 0 saturated carbocycles. The van der Waals surface area contributed by atoms with Gasteiger partial charge in [0.25, 0.3) is 5.91 Å². The van der Waals surface area contributed by atoms with Crippen LogP contribution in [0, 0.1) is 0 Å². The number of aromatic nitrogens is 1. The van der Waals surface area contributed by atoms with Crippen molar-refractivity contribution in [3.63, 3.8) is 0 Å². The summed E-state index contributed by atoms with van der Waals surface area (Å²) in [5, 5.41) is 5.66. The van der Waals surface area contributed by atoms with Crippen LogP contribution in [-0.2, 0) is 4.79 Å². The summed E-state index contributed by atoms with van der Waals surface area (Å²) >= 11 is 6.05. The van der Waals surface area contributed by atoms with E-state index in [0.717, 1.165) is 5.39 Å². The van der Waals surface area contributed by atoms with Crippen molar-refractivity contribution in [3.05, 3.63) is 35.5 Å². The smallest absolute Gasteiger partial charge is 0.321 e. The number of nitrogens with one attached hydrogen (secondary N) is 2. The minimum Gasteiger partial charge on any atom is -0.481 e. The normalized spacial score (nSPS) is 10.1. The number of urea groups is 1. The minimum absolute atomic E-state index is 0.291. The number of carbonyl (C=O) groups is 2. The number of rotatable bonds is 3. The highest BCUT2D eigenvalue weighted by Gasteiger charge is 2.10. The second kappa shape index (κ2) is 6.21. The van der Waals surface area contributed by atoms with E-state index in [1.165, 1.54) is 7.05 Å². The molecule has 2 rings (SSSR count). The lowest BCUT2D eigenvalue weighted by atomic mass is 10.2. The summed E-state index contributed by atoms with van der Waals surface area (Å²) in [5.74, 6) is -0.125. The molecule has 6 nitrogen and oxygen atoms in total. The predicted octanol–water partition coefficient (Wildman–Crippen LogP) is 1.72. The fraction of sp³-hybridized carbons (Fsp3) is 0.154. The maximum atomic E-state index is 11.4. The van der Waals surface area contributed by atoms with Crippen molar-refractivity contribution in [3.8, 4) is 5.75 Å². The molecule has 0 unspecified atom stereocenters. The Hall–Kier alpha value is -2.34. The quantitative estimate of drug-likeness (QED) is 0.903. The highest BCUT2D eigenvalue weighted by Crippen LogP contribution is 2.29. The van der Waals surface area contributed by atoms with Gasteiger partial charge in [0.15, 0.2) is 6.61 Å². The van der Waals surface area contributed by atoms with Crippen LogP contribution in [-0.4, -0.2) is 30.6 Å². The van der Waals surface area contributed by atoms with Crippen LogP contribution in [0.1, 0.15) is 0 Å². The molecule has 1 aromatic heterocycles. The van der Waals surface area contributed by atoms with Gasteiger partial charge >= 0.3 is 6.03 Å². The van der Waals surface area contributed by atoms with Crippen molar-refractivity contribution in [1.82, 2.24) is 15.6 Å². The van der Waals surface area contributed by atoms with Crippen LogP contribution < -0.4 is 15.4 Å². The Morgan fingerprint density at radius 1 is 1.35 bits per heavy atom. The lowest BCUT2D eigenvalue weighted by Crippen LogP contribution is -2.39. The molecule has 0 atom stereocenters. The van der Waals surface area contributed by atoms with Crippen LogP contribution >= 0.6 is 11.6 Å². The van der Waals surface area contributed by atoms with Crippen LogP contribution in [0.15, 0.2) is 30.5 Å². The molecule has 0 saturated heterocycles. The Balaban J connectivity index is 2.13. The van der Waals surface area contributed by atoms with Gasteiger partial charge in [0.2, 0.25) is 0 Å². The maximum absolute atomic E-state index is 11.4. The third-order valence-corrected chi connectivity index (χ3v) is 2.85. The first-order chi connectivity index (χ1) is 9.61. The zero-order valence-electron chi connectivity index (χ0n) is 10.6. The number of hydrogen-bond donors (Lipinski definition) is 2. The molecule has 2 aromatic rings. The monoisotopic (exact) mass is 293 g/mol. The van der Waals surface area contributed by atoms with Gasteiger partial charge in [-0.15, -0.1) is 0 Å². The Morgan fingerprint density at radius 2 is 2.15 bits per heavy atom. The fourth-order valence-electron chi connectivity index (χ4n) is 1.60. The number of fused-ring (bicyclic) bond motifs is 1. The first kappa shape index (κ1) is 14.1. The molecule has 7 heteroatoms. The molecule has 104 valence electrons. The van der Waals surface area contributed by atoms with E-state index < -0.39 is 11.9 Å². The van der Waals surface area contributed by atoms with Gasteiger partial charge in [-0.1, -0.05) is 11.6 Å². The Kier molecular flexibility index (Phi) is 4.37. The fourth-order valence-corrected chi connectivity index (χ4v) is 1.81. The molecule has 3 amide bonds. The van der Waals surface area contributed by atoms with Gasteiger partial charge in [0, 0.05) is 18.6 Å². The maximum Gasteiger partial charge on any atom is 0.321 e. The number of benzene rings is 1. The zero-order valence-corrected chi connectivity index (χ0v) is 11.4. The summed E-state index contributed by atoms with van der Waals surface area (Å²) in [5.41, 5.74) is 0.563. The van der Waals surface area contributed by atoms with Crippen LogP contribution in [0.25, 0.3) is 10.9 Å². The van der Waals surface area contributed by atoms with Crippen molar-refractivity contribution in [2.24, 2.45) is 0 Å². The molecule has 0 aliphatic heterocycles. The number of halogens is 1. The molecule has 1 aromatic carbocycles. The van der Waals surface area contributed by atoms with Gasteiger partial charge in [0.1, 0.15) is 11.3 Å². The molecule has 0 spiro atoms. The molecular weight excluding hydrogens is 282 g/mol. The second-order valence-corrected chi connectivity index (χ2v) is 4.27. The largest absolute Gasteiger partial charge is 0.481 e. The minimum atomic E-state index is -0.585. The number of pyridine rings is 1. The van der Waals surface area contributed by atoms with E-state index in [4.69, 9.17) is 16.3 Å². The topological polar surface area (TPSA) is 80.3 Å². The van der Waals surface area contributed by atoms with Gasteiger partial charge in [-0.25, -0.2) is 4.79 Å². The molecular formula is C13H12ClN3O3. The molecule has 0 fully saturated rings. The number of amides is 3. The van der Waals surface area contributed by atoms with Crippen molar-refractivity contribution in [1.29, 1.82) is 0 Å². The van der Waals surface area contributed by atoms with Gasteiger partial charge in [-0.05, 0) is 24.3 Å². The summed E-state index contributed by atoms with van der Waals surface area (Å²) in [4.78, 5) is 26.6. The summed E-state index contributed by atoms with van der Waals surface area (Å²) in [6.45, 7) is -0.291. The lowest BCUT2D eigenvalue weighted by Gasteiger charge is -2.09. The first-order valence-electron chi connectivity index (χ1n) is 5.79. The van der Waals surface area contributed by atoms with Crippen molar-refractivity contribution in [2.75, 3.05) is 13.7 Å². The molecule has 1 heterocycles. The molecule has 0 aliphatic carbocycles. The summed E-state index contributed by atoms with van der Waals surface area (Å²) in [6.07, 6.45) is 1.61. The SMILES string of the molecule is CNC(=O)NC(=O)COc1ccc(Cl)c2cccnc12. The molecule has 2 N–H and O–H groups in total. The van der Waals surface area contributed by atoms with E-state index >= 15 is 0 Å². The number of imide groups is 1. The number of hydrogen-bond acceptors (Lipinski definition) is 4. The molecule has 0 aliphatic rings. The molecule has 0 bridgehead atoms. The average molecular weight is 294 g/mol. The van der Waals surface area contributed by atoms with E-state index in [9.17, 15) is 9.59 Å². The van der Waals surface area contributed by atoms with Crippen LogP contribution in [0.3, 0.4) is 0 Å². The summed E-state index contributed by atoms with van der Waals surface area (Å²) in [7, 11) is 1.42. The Bertz CT molecular complexity index is 660. The van der Waals surface area contributed by atoms with Crippen LogP contribution in [0.5, 0.6) is 5.75 Å². The Morgan fingerprint density at radius 3 is 2.90 bits per heavy atom. The van der Waals surface area contributed by atoms with E-state index in [-0.39, 0.29) is 6.61 Å². The zero-order chi connectivity index (χ0) is 14.5. The Labute approximate surface area is 120 Å². The third kappa shape index (κ3) is 3.16. The predicted molar refractivity (Wildman–Crippen MR) is 74.8 cm³/mol.